The molecule has 1 rings (SSSR count). The van der Waals surface area contributed by atoms with Crippen LogP contribution in [0.1, 0.15) is 30.6 Å². The van der Waals surface area contributed by atoms with Gasteiger partial charge in [0.05, 0.1) is 11.0 Å². The van der Waals surface area contributed by atoms with E-state index in [9.17, 15) is 20.0 Å². The monoisotopic (exact) mass is 344 g/mol. The van der Waals surface area contributed by atoms with Gasteiger partial charge in [-0.3, -0.25) is 14.9 Å². The van der Waals surface area contributed by atoms with E-state index in [1.165, 1.54) is 18.2 Å². The molecule has 2 N–H and O–H groups in total. The summed E-state index contributed by atoms with van der Waals surface area (Å²) in [4.78, 5) is 22.1. The van der Waals surface area contributed by atoms with Crippen LogP contribution in [0.25, 0.3) is 0 Å². The number of nitro groups is 1. The largest absolute Gasteiger partial charge is 0.391 e. The standard InChI is InChI=1S/C13H17BrN2O4/c1-3-8(2)12(17)7-15-13(18)9-4-10(14)6-11(5-9)16(19)20/h4-6,8,12,17H,3,7H2,1-2H3,(H,15,18). The number of hydrogen-bond donors (Lipinski definition) is 2. The maximum atomic E-state index is 11.9. The summed E-state index contributed by atoms with van der Waals surface area (Å²) in [5, 5.41) is 23.1. The number of nitro benzene ring substituents is 1. The number of nitrogens with zero attached hydrogens (tertiary/aromatic N) is 1. The molecule has 7 heteroatoms. The molecule has 6 nitrogen and oxygen atoms in total. The van der Waals surface area contributed by atoms with E-state index in [-0.39, 0.29) is 23.7 Å². The molecular formula is C13H17BrN2O4. The fourth-order valence-electron chi connectivity index (χ4n) is 1.58. The Bertz CT molecular complexity index is 507. The van der Waals surface area contributed by atoms with E-state index >= 15 is 0 Å². The van der Waals surface area contributed by atoms with Gasteiger partial charge < -0.3 is 10.4 Å². The van der Waals surface area contributed by atoms with Gasteiger partial charge in [-0.15, -0.1) is 0 Å². The zero-order chi connectivity index (χ0) is 15.3. The third-order valence-corrected chi connectivity index (χ3v) is 3.59. The molecule has 2 unspecified atom stereocenters. The van der Waals surface area contributed by atoms with Crippen molar-refractivity contribution in [3.63, 3.8) is 0 Å². The third kappa shape index (κ3) is 4.57. The van der Waals surface area contributed by atoms with Gasteiger partial charge in [0.25, 0.3) is 11.6 Å². The van der Waals surface area contributed by atoms with E-state index in [4.69, 9.17) is 0 Å². The van der Waals surface area contributed by atoms with E-state index in [1.807, 2.05) is 13.8 Å². The summed E-state index contributed by atoms with van der Waals surface area (Å²) >= 11 is 3.13. The number of carbonyl (C=O) groups is 1. The molecular weight excluding hydrogens is 328 g/mol. The Kier molecular flexibility index (Phi) is 6.09. The first kappa shape index (κ1) is 16.6. The Morgan fingerprint density at radius 3 is 2.70 bits per heavy atom. The maximum Gasteiger partial charge on any atom is 0.271 e. The Morgan fingerprint density at radius 2 is 2.15 bits per heavy atom. The summed E-state index contributed by atoms with van der Waals surface area (Å²) in [5.41, 5.74) is 0.0226. The quantitative estimate of drug-likeness (QED) is 0.612. The fourth-order valence-corrected chi connectivity index (χ4v) is 2.06. The zero-order valence-corrected chi connectivity index (χ0v) is 12.9. The summed E-state index contributed by atoms with van der Waals surface area (Å²) in [6.07, 6.45) is 0.172. The van der Waals surface area contributed by atoms with Crippen LogP contribution in [0.3, 0.4) is 0 Å². The Hall–Kier alpha value is -1.47. The summed E-state index contributed by atoms with van der Waals surface area (Å²) in [6.45, 7) is 3.96. The van der Waals surface area contributed by atoms with Crippen LogP contribution in [0.2, 0.25) is 0 Å². The Balaban J connectivity index is 2.75. The van der Waals surface area contributed by atoms with Gasteiger partial charge in [-0.1, -0.05) is 36.2 Å². The third-order valence-electron chi connectivity index (χ3n) is 3.13. The van der Waals surface area contributed by atoms with Crippen molar-refractivity contribution < 1.29 is 14.8 Å². The number of nitrogens with one attached hydrogen (secondary N) is 1. The Labute approximate surface area is 125 Å². The van der Waals surface area contributed by atoms with Crippen molar-refractivity contribution in [2.75, 3.05) is 6.54 Å². The van der Waals surface area contributed by atoms with Gasteiger partial charge in [0.2, 0.25) is 0 Å². The number of rotatable bonds is 6. The van der Waals surface area contributed by atoms with Crippen molar-refractivity contribution in [1.29, 1.82) is 0 Å². The highest BCUT2D eigenvalue weighted by Gasteiger charge is 2.16. The van der Waals surface area contributed by atoms with Gasteiger partial charge in [0, 0.05) is 28.7 Å². The van der Waals surface area contributed by atoms with Gasteiger partial charge in [0.1, 0.15) is 0 Å². The van der Waals surface area contributed by atoms with E-state index in [0.29, 0.717) is 4.47 Å². The molecule has 1 amide bonds. The van der Waals surface area contributed by atoms with Crippen LogP contribution in [0.4, 0.5) is 5.69 Å². The zero-order valence-electron chi connectivity index (χ0n) is 11.3. The minimum absolute atomic E-state index is 0.0761. The summed E-state index contributed by atoms with van der Waals surface area (Å²) in [6, 6.07) is 4.03. The lowest BCUT2D eigenvalue weighted by atomic mass is 10.0. The van der Waals surface area contributed by atoms with Gasteiger partial charge >= 0.3 is 0 Å². The average Bonchev–Trinajstić information content (AvgIpc) is 2.42. The summed E-state index contributed by atoms with van der Waals surface area (Å²) in [7, 11) is 0. The van der Waals surface area contributed by atoms with Crippen LogP contribution >= 0.6 is 15.9 Å². The minimum Gasteiger partial charge on any atom is -0.391 e. The number of aliphatic hydroxyl groups is 1. The van der Waals surface area contributed by atoms with Crippen LogP contribution in [0, 0.1) is 16.0 Å². The molecule has 0 radical (unpaired) electrons. The van der Waals surface area contributed by atoms with E-state index in [0.717, 1.165) is 6.42 Å². The Morgan fingerprint density at radius 1 is 1.50 bits per heavy atom. The second kappa shape index (κ2) is 7.35. The first-order chi connectivity index (χ1) is 9.35. The first-order valence-electron chi connectivity index (χ1n) is 6.26. The van der Waals surface area contributed by atoms with Gasteiger partial charge in [-0.25, -0.2) is 0 Å². The van der Waals surface area contributed by atoms with E-state index in [2.05, 4.69) is 21.2 Å². The molecule has 0 heterocycles. The topological polar surface area (TPSA) is 92.5 Å². The summed E-state index contributed by atoms with van der Waals surface area (Å²) in [5.74, 6) is -0.371. The number of amides is 1. The van der Waals surface area contributed by atoms with Crippen molar-refractivity contribution in [3.8, 4) is 0 Å². The van der Waals surface area contributed by atoms with E-state index in [1.54, 1.807) is 0 Å². The van der Waals surface area contributed by atoms with Crippen LogP contribution in [-0.4, -0.2) is 28.6 Å². The van der Waals surface area contributed by atoms with Crippen molar-refractivity contribution >= 4 is 27.5 Å². The van der Waals surface area contributed by atoms with Crippen molar-refractivity contribution in [2.45, 2.75) is 26.4 Å². The molecule has 0 fully saturated rings. The minimum atomic E-state index is -0.633. The number of carbonyl (C=O) groups excluding carboxylic acids is 1. The lowest BCUT2D eigenvalue weighted by Crippen LogP contribution is -2.35. The van der Waals surface area contributed by atoms with Crippen LogP contribution in [-0.2, 0) is 0 Å². The molecule has 1 aromatic carbocycles. The van der Waals surface area contributed by atoms with Crippen LogP contribution in [0.15, 0.2) is 22.7 Å². The van der Waals surface area contributed by atoms with Crippen LogP contribution in [0.5, 0.6) is 0 Å². The smallest absolute Gasteiger partial charge is 0.271 e. The number of hydrogen-bond acceptors (Lipinski definition) is 4. The van der Waals surface area contributed by atoms with Crippen LogP contribution < -0.4 is 5.32 Å². The maximum absolute atomic E-state index is 11.9. The lowest BCUT2D eigenvalue weighted by molar-refractivity contribution is -0.385. The van der Waals surface area contributed by atoms with Gasteiger partial charge in [-0.2, -0.15) is 0 Å². The molecule has 0 aliphatic heterocycles. The molecule has 0 spiro atoms. The molecule has 110 valence electrons. The van der Waals surface area contributed by atoms with Crippen molar-refractivity contribution in [2.24, 2.45) is 5.92 Å². The summed E-state index contributed by atoms with van der Waals surface area (Å²) < 4.78 is 0.458. The molecule has 20 heavy (non-hydrogen) atoms. The number of benzene rings is 1. The highest BCUT2D eigenvalue weighted by molar-refractivity contribution is 9.10. The number of aliphatic hydroxyl groups excluding tert-OH is 1. The van der Waals surface area contributed by atoms with Crippen molar-refractivity contribution in [1.82, 2.24) is 5.32 Å². The highest BCUT2D eigenvalue weighted by atomic mass is 79.9. The number of halogens is 1. The second-order valence-corrected chi connectivity index (χ2v) is 5.53. The molecule has 0 aromatic heterocycles. The highest BCUT2D eigenvalue weighted by Crippen LogP contribution is 2.21. The first-order valence-corrected chi connectivity index (χ1v) is 7.05. The molecule has 1 aromatic rings. The molecule has 0 saturated heterocycles. The molecule has 0 bridgehead atoms. The SMILES string of the molecule is CCC(C)C(O)CNC(=O)c1cc(Br)cc([N+](=O)[O-])c1. The average molecular weight is 345 g/mol. The predicted molar refractivity (Wildman–Crippen MR) is 78.6 cm³/mol. The fraction of sp³-hybridized carbons (Fsp3) is 0.462. The van der Waals surface area contributed by atoms with Crippen molar-refractivity contribution in [3.05, 3.63) is 38.3 Å². The lowest BCUT2D eigenvalue weighted by Gasteiger charge is -2.17. The number of non-ortho nitro benzene ring substituents is 1. The second-order valence-electron chi connectivity index (χ2n) is 4.62. The molecule has 0 saturated carbocycles. The molecule has 0 aliphatic carbocycles. The van der Waals surface area contributed by atoms with Gasteiger partial charge in [0.15, 0.2) is 0 Å². The predicted octanol–water partition coefficient (Wildman–Crippen LogP) is 2.49. The molecule has 2 atom stereocenters. The normalized spacial score (nSPS) is 13.6. The molecule has 0 aliphatic rings. The van der Waals surface area contributed by atoms with E-state index < -0.39 is 16.9 Å². The van der Waals surface area contributed by atoms with Gasteiger partial charge in [-0.05, 0) is 12.0 Å².